The maximum Gasteiger partial charge on any atom is 0.335 e. The molecule has 2 aromatic carbocycles. The molecule has 14 heteroatoms. The summed E-state index contributed by atoms with van der Waals surface area (Å²) in [6.07, 6.45) is 12.2. The number of nitrogens with one attached hydrogen (secondary N) is 1. The van der Waals surface area contributed by atoms with E-state index in [2.05, 4.69) is 16.6 Å². The zero-order chi connectivity index (χ0) is 36.1. The Morgan fingerprint density at radius 1 is 0.960 bits per heavy atom. The zero-order valence-corrected chi connectivity index (χ0v) is 30.9. The number of ketones is 1. The lowest BCUT2D eigenvalue weighted by molar-refractivity contribution is -0.118. The van der Waals surface area contributed by atoms with Crippen LogP contribution in [0.5, 0.6) is 11.8 Å². The van der Waals surface area contributed by atoms with Crippen LogP contribution in [0.4, 0.5) is 5.69 Å². The van der Waals surface area contributed by atoms with Gasteiger partial charge in [0, 0.05) is 6.20 Å². The Hall–Kier alpha value is -3.94. The predicted octanol–water partition coefficient (Wildman–Crippen LogP) is 7.67. The number of benzene rings is 2. The molecule has 0 fully saturated rings. The van der Waals surface area contributed by atoms with Gasteiger partial charge in [-0.2, -0.15) is 0 Å². The molecule has 4 rings (SSSR count). The molecule has 0 aliphatic carbocycles. The van der Waals surface area contributed by atoms with E-state index in [0.717, 1.165) is 47.3 Å². The smallest absolute Gasteiger partial charge is 0.335 e. The third-order valence-electron chi connectivity index (χ3n) is 8.33. The number of hydrogen-bond acceptors (Lipinski definition) is 9. The summed E-state index contributed by atoms with van der Waals surface area (Å²) in [5.41, 5.74) is -0.109. The van der Waals surface area contributed by atoms with Gasteiger partial charge in [0.1, 0.15) is 0 Å². The van der Waals surface area contributed by atoms with Crippen LogP contribution >= 0.6 is 23.1 Å². The standard InChI is InChI=1S/C36H45ClN4O7S2/c1-3-5-6-7-8-9-10-11-12-16-23-50(46,47)27-19-20-29(28(37)24-27)39-33(43)31(32(42)30-21-22-38-49-30)41-34(44)35(48-4-2)40(36(41)45)25-26-17-14-13-15-18-26/h13-15,17-22,24,31,44H,3-12,16,23,25H2,1-2H3,(H,39,43). The maximum atomic E-state index is 13.9. The number of imidazole rings is 1. The third kappa shape index (κ3) is 10.1. The van der Waals surface area contributed by atoms with E-state index in [0.29, 0.717) is 11.0 Å². The second-order valence-corrected chi connectivity index (χ2v) is 15.4. The Kier molecular flexibility index (Phi) is 14.7. The Morgan fingerprint density at radius 3 is 2.22 bits per heavy atom. The number of Topliss-reactive ketones (excluding diaryl/α,β-unsaturated/α-hetero) is 1. The molecule has 1 amide bonds. The molecule has 2 aromatic heterocycles. The summed E-state index contributed by atoms with van der Waals surface area (Å²) in [6, 6.07) is 12.4. The maximum absolute atomic E-state index is 13.9. The number of carbonyl (C=O) groups excluding carboxylic acids is 2. The van der Waals surface area contributed by atoms with Crippen molar-refractivity contribution in [3.63, 3.8) is 0 Å². The number of carbonyl (C=O) groups is 2. The molecule has 0 radical (unpaired) electrons. The summed E-state index contributed by atoms with van der Waals surface area (Å²) in [5.74, 6) is -2.71. The number of rotatable bonds is 21. The van der Waals surface area contributed by atoms with Gasteiger partial charge in [-0.1, -0.05) is 107 Å². The van der Waals surface area contributed by atoms with Crippen LogP contribution in [-0.4, -0.2) is 51.1 Å². The van der Waals surface area contributed by atoms with Crippen LogP contribution in [0.2, 0.25) is 5.02 Å². The highest BCUT2D eigenvalue weighted by atomic mass is 35.5. The predicted molar refractivity (Wildman–Crippen MR) is 197 cm³/mol. The van der Waals surface area contributed by atoms with Crippen molar-refractivity contribution in [1.29, 1.82) is 0 Å². The average molecular weight is 745 g/mol. The molecule has 270 valence electrons. The van der Waals surface area contributed by atoms with Crippen molar-refractivity contribution in [2.45, 2.75) is 95.5 Å². The van der Waals surface area contributed by atoms with Gasteiger partial charge in [-0.25, -0.2) is 22.2 Å². The van der Waals surface area contributed by atoms with Gasteiger partial charge >= 0.3 is 5.69 Å². The van der Waals surface area contributed by atoms with E-state index < -0.39 is 39.1 Å². The molecular formula is C36H45ClN4O7S2. The fourth-order valence-electron chi connectivity index (χ4n) is 5.67. The molecule has 0 aliphatic heterocycles. The Bertz CT molecular complexity index is 1870. The number of aromatic hydroxyl groups is 1. The van der Waals surface area contributed by atoms with Gasteiger partial charge < -0.3 is 15.2 Å². The zero-order valence-electron chi connectivity index (χ0n) is 28.5. The first kappa shape index (κ1) is 38.9. The molecule has 0 saturated carbocycles. The van der Waals surface area contributed by atoms with Gasteiger partial charge in [-0.05, 0) is 54.7 Å². The average Bonchev–Trinajstić information content (AvgIpc) is 3.72. The largest absolute Gasteiger partial charge is 0.491 e. The fraction of sp³-hybridized carbons (Fsp3) is 0.444. The van der Waals surface area contributed by atoms with E-state index in [1.807, 2.05) is 6.07 Å². The number of halogens is 1. The minimum atomic E-state index is -3.63. The molecule has 1 atom stereocenters. The van der Waals surface area contributed by atoms with Crippen molar-refractivity contribution in [1.82, 2.24) is 13.5 Å². The first-order valence-electron chi connectivity index (χ1n) is 17.1. The third-order valence-corrected chi connectivity index (χ3v) is 11.2. The minimum absolute atomic E-state index is 0.000454. The van der Waals surface area contributed by atoms with Gasteiger partial charge in [-0.15, -0.1) is 0 Å². The molecule has 2 N–H and O–H groups in total. The van der Waals surface area contributed by atoms with Gasteiger partial charge in [0.15, 0.2) is 15.9 Å². The summed E-state index contributed by atoms with van der Waals surface area (Å²) in [7, 11) is -3.63. The van der Waals surface area contributed by atoms with Crippen LogP contribution in [0, 0.1) is 0 Å². The minimum Gasteiger partial charge on any atom is -0.491 e. The second-order valence-electron chi connectivity index (χ2n) is 12.1. The molecule has 0 spiro atoms. The van der Waals surface area contributed by atoms with E-state index in [4.69, 9.17) is 16.3 Å². The first-order valence-corrected chi connectivity index (χ1v) is 19.9. The number of anilines is 1. The number of unbranched alkanes of at least 4 members (excludes halogenated alkanes) is 9. The first-order chi connectivity index (χ1) is 24.1. The molecule has 0 bridgehead atoms. The second kappa shape index (κ2) is 18.9. The Balaban J connectivity index is 1.52. The normalized spacial score (nSPS) is 12.1. The Morgan fingerprint density at radius 2 is 1.62 bits per heavy atom. The fourth-order valence-corrected chi connectivity index (χ4v) is 7.91. The van der Waals surface area contributed by atoms with Crippen LogP contribution in [0.25, 0.3) is 0 Å². The van der Waals surface area contributed by atoms with Crippen LogP contribution < -0.4 is 15.7 Å². The van der Waals surface area contributed by atoms with E-state index >= 15 is 0 Å². The SMILES string of the molecule is CCCCCCCCCCCCS(=O)(=O)c1ccc(NC(=O)C(C(=O)c2ccns2)n2c(O)c(OCC)n(Cc3ccccc3)c2=O)c(Cl)c1. The van der Waals surface area contributed by atoms with Crippen molar-refractivity contribution >= 4 is 50.3 Å². The van der Waals surface area contributed by atoms with E-state index in [1.54, 1.807) is 31.2 Å². The van der Waals surface area contributed by atoms with Crippen molar-refractivity contribution in [3.05, 3.63) is 86.7 Å². The topological polar surface area (TPSA) is 150 Å². The highest BCUT2D eigenvalue weighted by molar-refractivity contribution is 7.91. The molecule has 1 unspecified atom stereocenters. The van der Waals surface area contributed by atoms with Gasteiger partial charge in [0.05, 0.1) is 39.4 Å². The quantitative estimate of drug-likeness (QED) is 0.0502. The monoisotopic (exact) mass is 744 g/mol. The van der Waals surface area contributed by atoms with Crippen molar-refractivity contribution in [3.8, 4) is 11.8 Å². The molecule has 0 aliphatic rings. The highest BCUT2D eigenvalue weighted by Gasteiger charge is 2.37. The lowest BCUT2D eigenvalue weighted by Crippen LogP contribution is -2.38. The number of amides is 1. The number of aromatic nitrogens is 3. The van der Waals surface area contributed by atoms with Crippen molar-refractivity contribution in [2.75, 3.05) is 17.7 Å². The highest BCUT2D eigenvalue weighted by Crippen LogP contribution is 2.33. The van der Waals surface area contributed by atoms with Gasteiger partial charge in [0.25, 0.3) is 17.7 Å². The van der Waals surface area contributed by atoms with Crippen LogP contribution in [0.1, 0.15) is 99.3 Å². The molecule has 4 aromatic rings. The van der Waals surface area contributed by atoms with Gasteiger partial charge in [0.2, 0.25) is 5.78 Å². The lowest BCUT2D eigenvalue weighted by Gasteiger charge is -2.17. The lowest BCUT2D eigenvalue weighted by atomic mass is 10.1. The van der Waals surface area contributed by atoms with Gasteiger partial charge in [-0.3, -0.25) is 14.2 Å². The van der Waals surface area contributed by atoms with E-state index in [9.17, 15) is 27.9 Å². The molecule has 11 nitrogen and oxygen atoms in total. The van der Waals surface area contributed by atoms with Crippen molar-refractivity contribution in [2.24, 2.45) is 0 Å². The number of nitrogens with zero attached hydrogens (tertiary/aromatic N) is 3. The van der Waals surface area contributed by atoms with E-state index in [1.165, 1.54) is 62.6 Å². The van der Waals surface area contributed by atoms with Crippen LogP contribution in [-0.2, 0) is 21.2 Å². The van der Waals surface area contributed by atoms with Crippen molar-refractivity contribution < 1.29 is 27.9 Å². The Labute approximate surface area is 302 Å². The molecule has 50 heavy (non-hydrogen) atoms. The van der Waals surface area contributed by atoms with Crippen LogP contribution in [0.15, 0.2) is 70.5 Å². The number of hydrogen-bond donors (Lipinski definition) is 2. The summed E-state index contributed by atoms with van der Waals surface area (Å²) in [6.45, 7) is 3.96. The molecule has 2 heterocycles. The summed E-state index contributed by atoms with van der Waals surface area (Å²) < 4.78 is 37.6. The molecule has 0 saturated heterocycles. The summed E-state index contributed by atoms with van der Waals surface area (Å²) >= 11 is 7.31. The number of sulfone groups is 1. The number of ether oxygens (including phenoxy) is 1. The molecular weight excluding hydrogens is 700 g/mol. The summed E-state index contributed by atoms with van der Waals surface area (Å²) in [4.78, 5) is 41.6. The summed E-state index contributed by atoms with van der Waals surface area (Å²) in [5, 5.41) is 13.8. The van der Waals surface area contributed by atoms with Crippen LogP contribution in [0.3, 0.4) is 0 Å². The van der Waals surface area contributed by atoms with E-state index in [-0.39, 0.29) is 45.3 Å².